The Morgan fingerprint density at radius 3 is 2.83 bits per heavy atom. The summed E-state index contributed by atoms with van der Waals surface area (Å²) < 4.78 is 0. The third-order valence-corrected chi connectivity index (χ3v) is 3.42. The van der Waals surface area contributed by atoms with Crippen LogP contribution in [0.5, 0.6) is 5.75 Å². The van der Waals surface area contributed by atoms with E-state index in [4.69, 9.17) is 5.73 Å². The van der Waals surface area contributed by atoms with Gasteiger partial charge in [-0.3, -0.25) is 4.90 Å². The Balaban J connectivity index is 2.01. The molecule has 0 amide bonds. The van der Waals surface area contributed by atoms with Gasteiger partial charge in [0, 0.05) is 50.0 Å². The molecular formula is C14H23N3O. The molecule has 2 atom stereocenters. The molecule has 100 valence electrons. The Bertz CT molecular complexity index is 394. The molecule has 1 fully saturated rings. The number of nitrogens with two attached hydrogens (primary N) is 1. The second-order valence-electron chi connectivity index (χ2n) is 5.30. The Labute approximate surface area is 109 Å². The smallest absolute Gasteiger partial charge is 0.117 e. The molecule has 1 saturated heterocycles. The zero-order valence-electron chi connectivity index (χ0n) is 11.2. The van der Waals surface area contributed by atoms with Gasteiger partial charge in [-0.2, -0.15) is 0 Å². The van der Waals surface area contributed by atoms with Crippen LogP contribution in [0.2, 0.25) is 0 Å². The van der Waals surface area contributed by atoms with Gasteiger partial charge in [0.25, 0.3) is 0 Å². The van der Waals surface area contributed by atoms with Crippen LogP contribution in [0, 0.1) is 0 Å². The van der Waals surface area contributed by atoms with Gasteiger partial charge < -0.3 is 15.7 Å². The summed E-state index contributed by atoms with van der Waals surface area (Å²) in [6.45, 7) is 8.26. The maximum absolute atomic E-state index is 9.55. The fraction of sp³-hybridized carbons (Fsp3) is 0.571. The highest BCUT2D eigenvalue weighted by molar-refractivity contribution is 5.51. The monoisotopic (exact) mass is 249 g/mol. The number of hydrogen-bond acceptors (Lipinski definition) is 4. The topological polar surface area (TPSA) is 52.7 Å². The van der Waals surface area contributed by atoms with E-state index in [2.05, 4.69) is 22.8 Å². The Morgan fingerprint density at radius 2 is 2.22 bits per heavy atom. The van der Waals surface area contributed by atoms with Crippen molar-refractivity contribution in [3.05, 3.63) is 24.3 Å². The molecule has 1 heterocycles. The van der Waals surface area contributed by atoms with Crippen molar-refractivity contribution in [3.8, 4) is 5.75 Å². The summed E-state index contributed by atoms with van der Waals surface area (Å²) >= 11 is 0. The van der Waals surface area contributed by atoms with E-state index in [-0.39, 0.29) is 6.04 Å². The fourth-order valence-electron chi connectivity index (χ4n) is 2.66. The van der Waals surface area contributed by atoms with Crippen molar-refractivity contribution in [2.75, 3.05) is 31.1 Å². The molecule has 0 aromatic heterocycles. The van der Waals surface area contributed by atoms with E-state index in [9.17, 15) is 5.11 Å². The quantitative estimate of drug-likeness (QED) is 0.846. The predicted octanol–water partition coefficient (Wildman–Crippen LogP) is 1.25. The number of piperazine rings is 1. The van der Waals surface area contributed by atoms with Gasteiger partial charge in [0.05, 0.1) is 0 Å². The van der Waals surface area contributed by atoms with Crippen LogP contribution in [0.3, 0.4) is 0 Å². The summed E-state index contributed by atoms with van der Waals surface area (Å²) in [6, 6.07) is 8.16. The molecule has 0 unspecified atom stereocenters. The molecule has 4 nitrogen and oxygen atoms in total. The van der Waals surface area contributed by atoms with E-state index in [1.165, 1.54) is 0 Å². The van der Waals surface area contributed by atoms with Gasteiger partial charge in [-0.25, -0.2) is 0 Å². The minimum atomic E-state index is 0.226. The fourth-order valence-corrected chi connectivity index (χ4v) is 2.66. The Kier molecular flexibility index (Phi) is 4.09. The Hall–Kier alpha value is -1.26. The van der Waals surface area contributed by atoms with Crippen molar-refractivity contribution in [1.29, 1.82) is 0 Å². The zero-order valence-corrected chi connectivity index (χ0v) is 11.2. The first-order chi connectivity index (χ1) is 8.56. The SMILES string of the molecule is C[C@@H](N)CN1CCN(c2cccc(O)c2)[C@@H](C)C1. The highest BCUT2D eigenvalue weighted by atomic mass is 16.3. The summed E-state index contributed by atoms with van der Waals surface area (Å²) in [5, 5.41) is 9.55. The third-order valence-electron chi connectivity index (χ3n) is 3.42. The first kappa shape index (κ1) is 13.2. The molecule has 1 aromatic carbocycles. The summed E-state index contributed by atoms with van der Waals surface area (Å²) in [6.07, 6.45) is 0. The summed E-state index contributed by atoms with van der Waals surface area (Å²) in [4.78, 5) is 4.76. The largest absolute Gasteiger partial charge is 0.508 e. The average molecular weight is 249 g/mol. The van der Waals surface area contributed by atoms with Gasteiger partial charge in [-0.15, -0.1) is 0 Å². The van der Waals surface area contributed by atoms with Crippen molar-refractivity contribution in [2.45, 2.75) is 25.9 Å². The molecule has 1 aliphatic heterocycles. The van der Waals surface area contributed by atoms with Crippen LogP contribution in [0.4, 0.5) is 5.69 Å². The number of rotatable bonds is 3. The van der Waals surface area contributed by atoms with Crippen LogP contribution >= 0.6 is 0 Å². The average Bonchev–Trinajstić information content (AvgIpc) is 2.28. The lowest BCUT2D eigenvalue weighted by Gasteiger charge is -2.41. The standard InChI is InChI=1S/C14H23N3O/c1-11(15)9-16-6-7-17(12(2)10-16)13-4-3-5-14(18)8-13/h3-5,8,11-12,18H,6-7,9-10,15H2,1-2H3/t11-,12+/m1/s1. The zero-order chi connectivity index (χ0) is 13.1. The second-order valence-corrected chi connectivity index (χ2v) is 5.30. The first-order valence-corrected chi connectivity index (χ1v) is 6.60. The van der Waals surface area contributed by atoms with Crippen LogP contribution in [0.25, 0.3) is 0 Å². The van der Waals surface area contributed by atoms with Gasteiger partial charge >= 0.3 is 0 Å². The first-order valence-electron chi connectivity index (χ1n) is 6.60. The summed E-state index contributed by atoms with van der Waals surface area (Å²) in [5.74, 6) is 0.331. The molecular weight excluding hydrogens is 226 g/mol. The van der Waals surface area contributed by atoms with Crippen molar-refractivity contribution < 1.29 is 5.11 Å². The van der Waals surface area contributed by atoms with E-state index in [1.54, 1.807) is 6.07 Å². The minimum Gasteiger partial charge on any atom is -0.508 e. The van der Waals surface area contributed by atoms with Crippen LogP contribution in [0.1, 0.15) is 13.8 Å². The number of benzene rings is 1. The number of phenols is 1. The van der Waals surface area contributed by atoms with Gasteiger partial charge in [0.15, 0.2) is 0 Å². The second kappa shape index (κ2) is 5.59. The predicted molar refractivity (Wildman–Crippen MR) is 75.0 cm³/mol. The van der Waals surface area contributed by atoms with Crippen molar-refractivity contribution in [2.24, 2.45) is 5.73 Å². The van der Waals surface area contributed by atoms with Crippen molar-refractivity contribution in [3.63, 3.8) is 0 Å². The maximum atomic E-state index is 9.55. The molecule has 18 heavy (non-hydrogen) atoms. The van der Waals surface area contributed by atoms with E-state index in [1.807, 2.05) is 19.1 Å². The molecule has 0 spiro atoms. The van der Waals surface area contributed by atoms with Crippen LogP contribution in [-0.4, -0.2) is 48.3 Å². The summed E-state index contributed by atoms with van der Waals surface area (Å²) in [7, 11) is 0. The molecule has 1 aromatic rings. The number of anilines is 1. The molecule has 1 aliphatic rings. The van der Waals surface area contributed by atoms with Crippen LogP contribution in [0.15, 0.2) is 24.3 Å². The normalized spacial score (nSPS) is 23.1. The lowest BCUT2D eigenvalue weighted by molar-refractivity contribution is 0.219. The van der Waals surface area contributed by atoms with E-state index in [0.29, 0.717) is 11.8 Å². The molecule has 0 radical (unpaired) electrons. The van der Waals surface area contributed by atoms with E-state index >= 15 is 0 Å². The van der Waals surface area contributed by atoms with Gasteiger partial charge in [-0.05, 0) is 26.0 Å². The molecule has 3 N–H and O–H groups in total. The van der Waals surface area contributed by atoms with Crippen molar-refractivity contribution >= 4 is 5.69 Å². The number of aromatic hydroxyl groups is 1. The highest BCUT2D eigenvalue weighted by Crippen LogP contribution is 2.24. The number of hydrogen-bond donors (Lipinski definition) is 2. The van der Waals surface area contributed by atoms with Crippen molar-refractivity contribution in [1.82, 2.24) is 4.90 Å². The third kappa shape index (κ3) is 3.15. The summed E-state index contributed by atoms with van der Waals surface area (Å²) in [5.41, 5.74) is 6.95. The molecule has 0 bridgehead atoms. The molecule has 2 rings (SSSR count). The lowest BCUT2D eigenvalue weighted by atomic mass is 10.1. The Morgan fingerprint density at radius 1 is 1.44 bits per heavy atom. The molecule has 0 aliphatic carbocycles. The number of nitrogens with zero attached hydrogens (tertiary/aromatic N) is 2. The molecule has 0 saturated carbocycles. The van der Waals surface area contributed by atoms with Gasteiger partial charge in [0.1, 0.15) is 5.75 Å². The van der Waals surface area contributed by atoms with Gasteiger partial charge in [-0.1, -0.05) is 6.07 Å². The lowest BCUT2D eigenvalue weighted by Crippen LogP contribution is -2.54. The van der Waals surface area contributed by atoms with E-state index < -0.39 is 0 Å². The maximum Gasteiger partial charge on any atom is 0.117 e. The van der Waals surface area contributed by atoms with Crippen LogP contribution in [-0.2, 0) is 0 Å². The van der Waals surface area contributed by atoms with Crippen LogP contribution < -0.4 is 10.6 Å². The number of phenolic OH excluding ortho intramolecular Hbond substituents is 1. The molecule has 4 heteroatoms. The minimum absolute atomic E-state index is 0.226. The van der Waals surface area contributed by atoms with Gasteiger partial charge in [0.2, 0.25) is 0 Å². The van der Waals surface area contributed by atoms with E-state index in [0.717, 1.165) is 31.9 Å². The highest BCUT2D eigenvalue weighted by Gasteiger charge is 2.24.